The summed E-state index contributed by atoms with van der Waals surface area (Å²) in [6.45, 7) is 3.92. The van der Waals surface area contributed by atoms with Crippen molar-refractivity contribution in [3.05, 3.63) is 41.3 Å². The maximum Gasteiger partial charge on any atom is 0.168 e. The van der Waals surface area contributed by atoms with E-state index in [9.17, 15) is 4.79 Å². The molecular formula is C13H14N2O. The molecule has 0 radical (unpaired) electrons. The zero-order chi connectivity index (χ0) is 11.7. The quantitative estimate of drug-likeness (QED) is 0.720. The van der Waals surface area contributed by atoms with Gasteiger partial charge in [0.05, 0.1) is 5.69 Å². The highest BCUT2D eigenvalue weighted by Gasteiger charge is 2.14. The molecule has 0 amide bonds. The molecule has 1 aromatic heterocycles. The van der Waals surface area contributed by atoms with Gasteiger partial charge in [-0.25, -0.2) is 4.98 Å². The van der Waals surface area contributed by atoms with Crippen LogP contribution in [0.4, 0.5) is 0 Å². The van der Waals surface area contributed by atoms with Crippen molar-refractivity contribution in [2.24, 2.45) is 7.05 Å². The third-order valence-corrected chi connectivity index (χ3v) is 2.87. The lowest BCUT2D eigenvalue weighted by molar-refractivity contribution is 0.111. The molecule has 0 saturated heterocycles. The Hall–Kier alpha value is -1.90. The summed E-state index contributed by atoms with van der Waals surface area (Å²) in [5, 5.41) is 0. The van der Waals surface area contributed by atoms with E-state index < -0.39 is 0 Å². The molecule has 0 saturated carbocycles. The highest BCUT2D eigenvalue weighted by molar-refractivity contribution is 5.85. The van der Waals surface area contributed by atoms with Gasteiger partial charge >= 0.3 is 0 Å². The van der Waals surface area contributed by atoms with Gasteiger partial charge in [-0.05, 0) is 19.4 Å². The van der Waals surface area contributed by atoms with Gasteiger partial charge in [0.2, 0.25) is 0 Å². The van der Waals surface area contributed by atoms with Crippen molar-refractivity contribution in [1.82, 2.24) is 9.55 Å². The number of benzene rings is 1. The third kappa shape index (κ3) is 1.54. The largest absolute Gasteiger partial charge is 0.329 e. The van der Waals surface area contributed by atoms with Crippen molar-refractivity contribution < 1.29 is 4.79 Å². The Morgan fingerprint density at radius 3 is 2.56 bits per heavy atom. The number of carbonyl (C=O) groups is 1. The number of aromatic nitrogens is 2. The molecule has 0 spiro atoms. The number of hydrogen-bond donors (Lipinski definition) is 0. The Morgan fingerprint density at radius 1 is 1.25 bits per heavy atom. The van der Waals surface area contributed by atoms with E-state index in [1.165, 1.54) is 0 Å². The second-order valence-corrected chi connectivity index (χ2v) is 3.88. The van der Waals surface area contributed by atoms with Gasteiger partial charge < -0.3 is 4.57 Å². The number of imidazole rings is 1. The Balaban J connectivity index is 2.69. The van der Waals surface area contributed by atoms with Crippen LogP contribution in [-0.4, -0.2) is 15.8 Å². The van der Waals surface area contributed by atoms with Crippen molar-refractivity contribution in [2.45, 2.75) is 13.8 Å². The predicted octanol–water partition coefficient (Wildman–Crippen LogP) is 2.52. The zero-order valence-electron chi connectivity index (χ0n) is 9.69. The van der Waals surface area contributed by atoms with E-state index in [1.54, 1.807) is 0 Å². The molecule has 2 aromatic rings. The smallest absolute Gasteiger partial charge is 0.168 e. The van der Waals surface area contributed by atoms with E-state index in [4.69, 9.17) is 0 Å². The lowest BCUT2D eigenvalue weighted by Crippen LogP contribution is -1.97. The minimum Gasteiger partial charge on any atom is -0.329 e. The molecule has 1 aromatic carbocycles. The summed E-state index contributed by atoms with van der Waals surface area (Å²) in [6, 6.07) is 7.95. The van der Waals surface area contributed by atoms with Crippen LogP contribution in [0.3, 0.4) is 0 Å². The van der Waals surface area contributed by atoms with Gasteiger partial charge in [-0.2, -0.15) is 0 Å². The van der Waals surface area contributed by atoms with Crippen molar-refractivity contribution in [2.75, 3.05) is 0 Å². The van der Waals surface area contributed by atoms with Gasteiger partial charge in [0.25, 0.3) is 0 Å². The number of rotatable bonds is 2. The maximum atomic E-state index is 11.1. The van der Waals surface area contributed by atoms with E-state index in [1.807, 2.05) is 49.7 Å². The minimum atomic E-state index is 0.631. The Labute approximate surface area is 94.7 Å². The average Bonchev–Trinajstić information content (AvgIpc) is 2.56. The van der Waals surface area contributed by atoms with Crippen LogP contribution in [0.25, 0.3) is 11.3 Å². The van der Waals surface area contributed by atoms with Crippen LogP contribution in [0.1, 0.15) is 21.9 Å². The Kier molecular flexibility index (Phi) is 2.60. The van der Waals surface area contributed by atoms with Crippen LogP contribution < -0.4 is 0 Å². The van der Waals surface area contributed by atoms with E-state index in [2.05, 4.69) is 4.98 Å². The normalized spacial score (nSPS) is 10.4. The first kappa shape index (κ1) is 10.6. The van der Waals surface area contributed by atoms with Crippen molar-refractivity contribution in [3.63, 3.8) is 0 Å². The first-order valence-corrected chi connectivity index (χ1v) is 5.19. The molecule has 0 aliphatic rings. The number of carbonyl (C=O) groups excluding carboxylic acids is 1. The molecule has 3 nitrogen and oxygen atoms in total. The summed E-state index contributed by atoms with van der Waals surface area (Å²) in [5.74, 6) is 0.848. The number of aryl methyl sites for hydroxylation is 2. The van der Waals surface area contributed by atoms with Gasteiger partial charge in [0.1, 0.15) is 11.5 Å². The molecule has 0 N–H and O–H groups in total. The summed E-state index contributed by atoms with van der Waals surface area (Å²) < 4.78 is 1.81. The fourth-order valence-electron chi connectivity index (χ4n) is 1.80. The number of aldehydes is 1. The second kappa shape index (κ2) is 3.93. The van der Waals surface area contributed by atoms with Crippen LogP contribution in [-0.2, 0) is 7.05 Å². The molecule has 0 fully saturated rings. The van der Waals surface area contributed by atoms with Crippen LogP contribution >= 0.6 is 0 Å². The topological polar surface area (TPSA) is 34.9 Å². The van der Waals surface area contributed by atoms with Gasteiger partial charge in [0.15, 0.2) is 6.29 Å². The molecule has 16 heavy (non-hydrogen) atoms. The number of nitrogens with zero attached hydrogens (tertiary/aromatic N) is 2. The van der Waals surface area contributed by atoms with Gasteiger partial charge in [-0.3, -0.25) is 4.79 Å². The molecule has 0 aliphatic heterocycles. The molecule has 3 heteroatoms. The minimum absolute atomic E-state index is 0.631. The number of hydrogen-bond acceptors (Lipinski definition) is 2. The third-order valence-electron chi connectivity index (χ3n) is 2.87. The van der Waals surface area contributed by atoms with E-state index >= 15 is 0 Å². The van der Waals surface area contributed by atoms with Crippen molar-refractivity contribution in [1.29, 1.82) is 0 Å². The zero-order valence-corrected chi connectivity index (χ0v) is 9.69. The molecule has 0 bridgehead atoms. The molecule has 0 unspecified atom stereocenters. The highest BCUT2D eigenvalue weighted by atomic mass is 16.1. The molecule has 2 rings (SSSR count). The average molecular weight is 214 g/mol. The summed E-state index contributed by atoms with van der Waals surface area (Å²) in [5.41, 5.74) is 3.55. The van der Waals surface area contributed by atoms with Crippen LogP contribution in [0.5, 0.6) is 0 Å². The first-order chi connectivity index (χ1) is 7.65. The standard InChI is InChI=1S/C13H14N2O/c1-9-6-4-5-7-11(9)13-12(8-16)15(3)10(2)14-13/h4-8H,1-3H3. The molecule has 82 valence electrons. The Morgan fingerprint density at radius 2 is 1.94 bits per heavy atom. The van der Waals surface area contributed by atoms with Gasteiger partial charge in [-0.1, -0.05) is 24.3 Å². The highest BCUT2D eigenvalue weighted by Crippen LogP contribution is 2.25. The van der Waals surface area contributed by atoms with Crippen molar-refractivity contribution >= 4 is 6.29 Å². The SMILES string of the molecule is Cc1ccccc1-c1nc(C)n(C)c1C=O. The monoisotopic (exact) mass is 214 g/mol. The predicted molar refractivity (Wildman–Crippen MR) is 63.5 cm³/mol. The van der Waals surface area contributed by atoms with Crippen LogP contribution in [0.15, 0.2) is 24.3 Å². The molecule has 1 heterocycles. The lowest BCUT2D eigenvalue weighted by Gasteiger charge is -2.03. The van der Waals surface area contributed by atoms with Gasteiger partial charge in [-0.15, -0.1) is 0 Å². The summed E-state index contributed by atoms with van der Waals surface area (Å²) in [4.78, 5) is 15.5. The Bertz CT molecular complexity index is 541. The molecule has 0 atom stereocenters. The first-order valence-electron chi connectivity index (χ1n) is 5.19. The summed E-state index contributed by atoms with van der Waals surface area (Å²) in [6.07, 6.45) is 0.863. The second-order valence-electron chi connectivity index (χ2n) is 3.88. The fourth-order valence-corrected chi connectivity index (χ4v) is 1.80. The van der Waals surface area contributed by atoms with Gasteiger partial charge in [0, 0.05) is 12.6 Å². The summed E-state index contributed by atoms with van der Waals surface area (Å²) >= 11 is 0. The lowest BCUT2D eigenvalue weighted by atomic mass is 10.0. The molecular weight excluding hydrogens is 200 g/mol. The summed E-state index contributed by atoms with van der Waals surface area (Å²) in [7, 11) is 1.86. The van der Waals surface area contributed by atoms with E-state index in [0.29, 0.717) is 5.69 Å². The fraction of sp³-hybridized carbons (Fsp3) is 0.231. The van der Waals surface area contributed by atoms with Crippen LogP contribution in [0.2, 0.25) is 0 Å². The van der Waals surface area contributed by atoms with E-state index in [-0.39, 0.29) is 0 Å². The molecule has 0 aliphatic carbocycles. The van der Waals surface area contributed by atoms with Crippen molar-refractivity contribution in [3.8, 4) is 11.3 Å². The van der Waals surface area contributed by atoms with Crippen LogP contribution in [0, 0.1) is 13.8 Å². The maximum absolute atomic E-state index is 11.1. The van der Waals surface area contributed by atoms with E-state index in [0.717, 1.165) is 28.9 Å².